The molecule has 0 aromatic carbocycles. The largest absolute Gasteiger partial charge is 0.0877 e. The monoisotopic (exact) mass is 164 g/mol. The van der Waals surface area contributed by atoms with Crippen molar-refractivity contribution in [2.45, 2.75) is 28.2 Å². The first-order chi connectivity index (χ1) is 5.31. The highest BCUT2D eigenvalue weighted by molar-refractivity contribution is 5.20. The van der Waals surface area contributed by atoms with Crippen molar-refractivity contribution in [3.05, 3.63) is 48.1 Å². The first-order valence-corrected chi connectivity index (χ1v) is 3.90. The fourth-order valence-corrected chi connectivity index (χ4v) is 0.543. The summed E-state index contributed by atoms with van der Waals surface area (Å²) < 4.78 is 0. The van der Waals surface area contributed by atoms with E-state index >= 15 is 0 Å². The van der Waals surface area contributed by atoms with Crippen molar-refractivity contribution in [2.75, 3.05) is 0 Å². The van der Waals surface area contributed by atoms with Gasteiger partial charge in [-0.1, -0.05) is 55.5 Å². The van der Waals surface area contributed by atoms with Crippen molar-refractivity contribution in [2.24, 2.45) is 0 Å². The van der Waals surface area contributed by atoms with E-state index in [1.165, 1.54) is 5.57 Å². The highest BCUT2D eigenvalue weighted by Gasteiger charge is 1.72. The van der Waals surface area contributed by atoms with Gasteiger partial charge in [0.15, 0.2) is 0 Å². The van der Waals surface area contributed by atoms with Crippen LogP contribution in [-0.4, -0.2) is 0 Å². The van der Waals surface area contributed by atoms with Gasteiger partial charge in [0.25, 0.3) is 0 Å². The van der Waals surface area contributed by atoms with Crippen molar-refractivity contribution >= 4 is 0 Å². The van der Waals surface area contributed by atoms with Gasteiger partial charge in [-0.15, -0.1) is 0 Å². The van der Waals surface area contributed by atoms with Crippen molar-refractivity contribution < 1.29 is 0 Å². The van der Waals surface area contributed by atoms with Crippen LogP contribution in [0.25, 0.3) is 0 Å². The van der Waals surface area contributed by atoms with Gasteiger partial charge >= 0.3 is 0 Å². The molecule has 0 saturated heterocycles. The molecule has 0 saturated carbocycles. The molecule has 0 atom stereocenters. The normalized spacial score (nSPS) is 13.1. The van der Waals surface area contributed by atoms with Gasteiger partial charge in [-0.2, -0.15) is 0 Å². The molecule has 0 aliphatic rings. The number of hydrogen-bond acceptors (Lipinski definition) is 0. The standard InChI is InChI=1S/C11H16.CH4/c1-4-6-7-8-9-10-11(3)5-2;/h4-10H,1-3H3;1H4/b6-4+,8-7-,10-9-,11-5+;. The van der Waals surface area contributed by atoms with Crippen LogP contribution in [-0.2, 0) is 0 Å². The predicted octanol–water partition coefficient (Wildman–Crippen LogP) is 4.28. The molecule has 12 heavy (non-hydrogen) atoms. The van der Waals surface area contributed by atoms with Crippen LogP contribution < -0.4 is 0 Å². The third-order valence-corrected chi connectivity index (χ3v) is 1.34. The topological polar surface area (TPSA) is 0 Å². The third-order valence-electron chi connectivity index (χ3n) is 1.34. The lowest BCUT2D eigenvalue weighted by molar-refractivity contribution is 1.48. The van der Waals surface area contributed by atoms with E-state index in [0.29, 0.717) is 0 Å². The second-order valence-electron chi connectivity index (χ2n) is 2.30. The fraction of sp³-hybridized carbons (Fsp3) is 0.333. The summed E-state index contributed by atoms with van der Waals surface area (Å²) in [5.74, 6) is 0. The average Bonchev–Trinajstić information content (AvgIpc) is 2.04. The molecule has 0 aromatic rings. The highest BCUT2D eigenvalue weighted by Crippen LogP contribution is 1.93. The van der Waals surface area contributed by atoms with Crippen molar-refractivity contribution in [3.8, 4) is 0 Å². The zero-order valence-electron chi connectivity index (χ0n) is 7.54. The van der Waals surface area contributed by atoms with Crippen LogP contribution in [0.4, 0.5) is 0 Å². The van der Waals surface area contributed by atoms with Crippen molar-refractivity contribution in [1.29, 1.82) is 0 Å². The minimum absolute atomic E-state index is 0. The lowest BCUT2D eigenvalue weighted by Gasteiger charge is -1.83. The molecule has 0 spiro atoms. The molecule has 0 unspecified atom stereocenters. The second kappa shape index (κ2) is 9.96. The minimum atomic E-state index is 0. The Hall–Kier alpha value is -1.04. The highest BCUT2D eigenvalue weighted by atomic mass is 13.8. The summed E-state index contributed by atoms with van der Waals surface area (Å²) in [4.78, 5) is 0. The van der Waals surface area contributed by atoms with Crippen LogP contribution in [0.5, 0.6) is 0 Å². The smallest absolute Gasteiger partial charge is 0.0401 e. The summed E-state index contributed by atoms with van der Waals surface area (Å²) in [6.07, 6.45) is 14.3. The molecular weight excluding hydrogens is 144 g/mol. The van der Waals surface area contributed by atoms with Gasteiger partial charge < -0.3 is 0 Å². The lowest BCUT2D eigenvalue weighted by Crippen LogP contribution is -1.62. The lowest BCUT2D eigenvalue weighted by atomic mass is 10.2. The molecule has 0 nitrogen and oxygen atoms in total. The van der Waals surface area contributed by atoms with Crippen LogP contribution in [0, 0.1) is 0 Å². The van der Waals surface area contributed by atoms with Gasteiger partial charge in [-0.05, 0) is 20.8 Å². The van der Waals surface area contributed by atoms with E-state index in [4.69, 9.17) is 0 Å². The van der Waals surface area contributed by atoms with E-state index in [1.54, 1.807) is 0 Å². The Labute approximate surface area is 77.0 Å². The first-order valence-electron chi connectivity index (χ1n) is 3.90. The van der Waals surface area contributed by atoms with Gasteiger partial charge in [0.05, 0.1) is 0 Å². The molecule has 68 valence electrons. The molecule has 0 heterocycles. The molecule has 0 N–H and O–H groups in total. The SMILES string of the molecule is C.C/C=C/C=C\C=C/C(C)=C/C. The van der Waals surface area contributed by atoms with Gasteiger partial charge in [-0.25, -0.2) is 0 Å². The zero-order chi connectivity index (χ0) is 8.53. The van der Waals surface area contributed by atoms with Crippen molar-refractivity contribution in [3.63, 3.8) is 0 Å². The molecule has 0 amide bonds. The van der Waals surface area contributed by atoms with Gasteiger partial charge in [-0.3, -0.25) is 0 Å². The Bertz CT molecular complexity index is 190. The Morgan fingerprint density at radius 2 is 1.50 bits per heavy atom. The van der Waals surface area contributed by atoms with E-state index in [9.17, 15) is 0 Å². The Morgan fingerprint density at radius 3 is 2.00 bits per heavy atom. The molecule has 0 aliphatic heterocycles. The van der Waals surface area contributed by atoms with Gasteiger partial charge in [0.2, 0.25) is 0 Å². The van der Waals surface area contributed by atoms with Crippen LogP contribution >= 0.6 is 0 Å². The van der Waals surface area contributed by atoms with Crippen LogP contribution in [0.3, 0.4) is 0 Å². The maximum absolute atomic E-state index is 2.08. The molecule has 0 rings (SSSR count). The van der Waals surface area contributed by atoms with Gasteiger partial charge in [0.1, 0.15) is 0 Å². The molecule has 0 bridgehead atoms. The molecule has 0 aliphatic carbocycles. The maximum atomic E-state index is 2.08. The van der Waals surface area contributed by atoms with Crippen LogP contribution in [0.15, 0.2) is 48.1 Å². The summed E-state index contributed by atoms with van der Waals surface area (Å²) in [7, 11) is 0. The van der Waals surface area contributed by atoms with E-state index in [1.807, 2.05) is 44.2 Å². The predicted molar refractivity (Wildman–Crippen MR) is 59.3 cm³/mol. The molecule has 0 radical (unpaired) electrons. The molecule has 0 fully saturated rings. The number of hydrogen-bond donors (Lipinski definition) is 0. The average molecular weight is 164 g/mol. The Morgan fingerprint density at radius 1 is 0.917 bits per heavy atom. The van der Waals surface area contributed by atoms with E-state index in [-0.39, 0.29) is 7.43 Å². The third kappa shape index (κ3) is 8.96. The van der Waals surface area contributed by atoms with E-state index < -0.39 is 0 Å². The Kier molecular flexibility index (Phi) is 11.2. The summed E-state index contributed by atoms with van der Waals surface area (Å²) >= 11 is 0. The quantitative estimate of drug-likeness (QED) is 0.546. The summed E-state index contributed by atoms with van der Waals surface area (Å²) in [6.45, 7) is 6.13. The maximum Gasteiger partial charge on any atom is -0.0401 e. The molecular formula is C12H20. The van der Waals surface area contributed by atoms with Gasteiger partial charge in [0, 0.05) is 0 Å². The summed E-state index contributed by atoms with van der Waals surface area (Å²) in [5.41, 5.74) is 1.29. The Balaban J connectivity index is 0. The fourth-order valence-electron chi connectivity index (χ4n) is 0.543. The van der Waals surface area contributed by atoms with E-state index in [2.05, 4.69) is 19.1 Å². The van der Waals surface area contributed by atoms with Crippen LogP contribution in [0.1, 0.15) is 28.2 Å². The van der Waals surface area contributed by atoms with E-state index in [0.717, 1.165) is 0 Å². The number of rotatable bonds is 3. The summed E-state index contributed by atoms with van der Waals surface area (Å²) in [5, 5.41) is 0. The minimum Gasteiger partial charge on any atom is -0.0877 e. The molecule has 0 heteroatoms. The first kappa shape index (κ1) is 13.5. The van der Waals surface area contributed by atoms with Crippen LogP contribution in [0.2, 0.25) is 0 Å². The zero-order valence-corrected chi connectivity index (χ0v) is 7.54. The number of allylic oxidation sites excluding steroid dienone is 8. The van der Waals surface area contributed by atoms with Crippen molar-refractivity contribution in [1.82, 2.24) is 0 Å². The molecule has 0 aromatic heterocycles. The summed E-state index contributed by atoms with van der Waals surface area (Å²) in [6, 6.07) is 0. The second-order valence-corrected chi connectivity index (χ2v) is 2.30.